The second kappa shape index (κ2) is 10.4. The fraction of sp³-hybridized carbons (Fsp3) is 0.483. The van der Waals surface area contributed by atoms with Crippen molar-refractivity contribution in [2.24, 2.45) is 22.5 Å². The normalized spacial score (nSPS) is 23.2. The zero-order valence-electron chi connectivity index (χ0n) is 21.5. The summed E-state index contributed by atoms with van der Waals surface area (Å²) in [4.78, 5) is 43.5. The summed E-state index contributed by atoms with van der Waals surface area (Å²) >= 11 is 0. The van der Waals surface area contributed by atoms with Crippen molar-refractivity contribution in [1.82, 2.24) is 9.80 Å². The van der Waals surface area contributed by atoms with Crippen molar-refractivity contribution in [1.29, 1.82) is 0 Å². The van der Waals surface area contributed by atoms with Gasteiger partial charge in [0, 0.05) is 32.6 Å². The van der Waals surface area contributed by atoms with Crippen molar-refractivity contribution >= 4 is 17.7 Å². The van der Waals surface area contributed by atoms with Gasteiger partial charge in [0.25, 0.3) is 0 Å². The predicted molar refractivity (Wildman–Crippen MR) is 138 cm³/mol. The third-order valence-electron chi connectivity index (χ3n) is 8.13. The van der Waals surface area contributed by atoms with E-state index in [-0.39, 0.29) is 24.3 Å². The van der Waals surface area contributed by atoms with Crippen LogP contribution in [0.15, 0.2) is 60.7 Å². The fourth-order valence-corrected chi connectivity index (χ4v) is 5.75. The zero-order chi connectivity index (χ0) is 25.9. The summed E-state index contributed by atoms with van der Waals surface area (Å²) in [5.74, 6) is -1.39. The molecule has 4 rings (SSSR count). The van der Waals surface area contributed by atoms with Crippen molar-refractivity contribution in [3.8, 4) is 0 Å². The molecule has 0 unspecified atom stereocenters. The van der Waals surface area contributed by atoms with E-state index in [0.717, 1.165) is 24.0 Å². The molecular weight excluding hydrogens is 454 g/mol. The first-order valence-corrected chi connectivity index (χ1v) is 12.7. The Hall–Kier alpha value is -3.19. The highest BCUT2D eigenvalue weighted by Gasteiger charge is 2.56. The van der Waals surface area contributed by atoms with Crippen molar-refractivity contribution in [3.63, 3.8) is 0 Å². The maximum absolute atomic E-state index is 14.0. The molecular formula is C29H37N3O4. The van der Waals surface area contributed by atoms with Crippen molar-refractivity contribution in [3.05, 3.63) is 71.8 Å². The number of ether oxygens (including phenoxy) is 1. The molecule has 7 nitrogen and oxygen atoms in total. The lowest BCUT2D eigenvalue weighted by Crippen LogP contribution is -2.56. The molecule has 3 amide bonds. The number of nitrogens with zero attached hydrogens (tertiary/aromatic N) is 2. The first-order valence-electron chi connectivity index (χ1n) is 12.7. The first-order chi connectivity index (χ1) is 17.2. The van der Waals surface area contributed by atoms with E-state index >= 15 is 0 Å². The highest BCUT2D eigenvalue weighted by Crippen LogP contribution is 2.49. The van der Waals surface area contributed by atoms with Crippen LogP contribution in [0.1, 0.15) is 43.7 Å². The van der Waals surface area contributed by atoms with Gasteiger partial charge in [-0.05, 0) is 24.0 Å². The van der Waals surface area contributed by atoms with Crippen LogP contribution in [0.4, 0.5) is 0 Å². The van der Waals surface area contributed by atoms with Crippen LogP contribution < -0.4 is 5.73 Å². The molecule has 2 heterocycles. The number of benzene rings is 2. The Balaban J connectivity index is 1.57. The Morgan fingerprint density at radius 3 is 2.39 bits per heavy atom. The molecule has 2 aromatic carbocycles. The van der Waals surface area contributed by atoms with E-state index in [9.17, 15) is 14.4 Å². The fourth-order valence-electron chi connectivity index (χ4n) is 5.75. The number of carbonyl (C=O) groups is 3. The lowest BCUT2D eigenvalue weighted by atomic mass is 9.68. The molecule has 0 radical (unpaired) electrons. The SMILES string of the molecule is CN1C[C@@H](c2ccccc2)[C@@]2(CCCN(C(=O)[C@@H](COCc3ccccc3)C(C)(C)C(N)=O)C2)C1=O. The predicted octanol–water partition coefficient (Wildman–Crippen LogP) is 3.20. The molecule has 7 heteroatoms. The smallest absolute Gasteiger partial charge is 0.231 e. The summed E-state index contributed by atoms with van der Waals surface area (Å²) in [6.45, 7) is 5.31. The van der Waals surface area contributed by atoms with Gasteiger partial charge in [-0.1, -0.05) is 74.5 Å². The van der Waals surface area contributed by atoms with E-state index in [4.69, 9.17) is 10.5 Å². The molecule has 0 aromatic heterocycles. The molecule has 2 saturated heterocycles. The van der Waals surface area contributed by atoms with Gasteiger partial charge in [0.1, 0.15) is 0 Å². The molecule has 0 aliphatic carbocycles. The highest BCUT2D eigenvalue weighted by molar-refractivity contribution is 5.91. The van der Waals surface area contributed by atoms with E-state index in [2.05, 4.69) is 12.1 Å². The average Bonchev–Trinajstić information content (AvgIpc) is 3.12. The molecule has 192 valence electrons. The summed E-state index contributed by atoms with van der Waals surface area (Å²) in [6, 6.07) is 19.8. The zero-order valence-corrected chi connectivity index (χ0v) is 21.5. The van der Waals surface area contributed by atoms with Gasteiger partial charge in [-0.3, -0.25) is 14.4 Å². The maximum Gasteiger partial charge on any atom is 0.231 e. The van der Waals surface area contributed by atoms with Crippen molar-refractivity contribution in [2.75, 3.05) is 33.3 Å². The van der Waals surface area contributed by atoms with Crippen LogP contribution >= 0.6 is 0 Å². The van der Waals surface area contributed by atoms with Crippen LogP contribution in [0.25, 0.3) is 0 Å². The summed E-state index contributed by atoms with van der Waals surface area (Å²) in [5.41, 5.74) is 6.08. The topological polar surface area (TPSA) is 92.9 Å². The maximum atomic E-state index is 14.0. The van der Waals surface area contributed by atoms with Gasteiger partial charge in [-0.2, -0.15) is 0 Å². The minimum atomic E-state index is -1.10. The standard InChI is InChI=1S/C29H37N3O4/c1-28(2,26(30)34)24(19-36-18-21-11-6-4-7-12-21)25(33)32-16-10-15-29(20-32)23(17-31(3)27(29)35)22-13-8-5-9-14-22/h4-9,11-14,23-24H,10,15-20H2,1-3H3,(H2,30,34)/t23-,24+,29-/m0/s1. The van der Waals surface area contributed by atoms with Crippen LogP contribution in [0.2, 0.25) is 0 Å². The molecule has 3 atom stereocenters. The second-order valence-electron chi connectivity index (χ2n) is 10.8. The summed E-state index contributed by atoms with van der Waals surface area (Å²) in [5, 5.41) is 0. The summed E-state index contributed by atoms with van der Waals surface area (Å²) in [6.07, 6.45) is 1.46. The monoisotopic (exact) mass is 491 g/mol. The first kappa shape index (κ1) is 25.9. The number of amides is 3. The second-order valence-corrected chi connectivity index (χ2v) is 10.8. The number of rotatable bonds is 8. The highest BCUT2D eigenvalue weighted by atomic mass is 16.5. The molecule has 0 saturated carbocycles. The third kappa shape index (κ3) is 4.89. The number of likely N-dealkylation sites (tertiary alicyclic amines) is 2. The quantitative estimate of drug-likeness (QED) is 0.614. The third-order valence-corrected chi connectivity index (χ3v) is 8.13. The molecule has 2 aliphatic heterocycles. The number of nitrogens with two attached hydrogens (primary N) is 1. The van der Waals surface area contributed by atoms with Crippen LogP contribution in [-0.4, -0.2) is 60.8 Å². The minimum absolute atomic E-state index is 0.00345. The number of piperidine rings is 1. The van der Waals surface area contributed by atoms with Gasteiger partial charge in [0.15, 0.2) is 0 Å². The van der Waals surface area contributed by atoms with Crippen molar-refractivity contribution in [2.45, 2.75) is 39.2 Å². The van der Waals surface area contributed by atoms with Gasteiger partial charge in [0.05, 0.1) is 30.0 Å². The van der Waals surface area contributed by atoms with Gasteiger partial charge >= 0.3 is 0 Å². The number of hydrogen-bond acceptors (Lipinski definition) is 4. The van der Waals surface area contributed by atoms with E-state index in [1.54, 1.807) is 23.6 Å². The lowest BCUT2D eigenvalue weighted by Gasteiger charge is -2.44. The van der Waals surface area contributed by atoms with E-state index < -0.39 is 22.7 Å². The van der Waals surface area contributed by atoms with Gasteiger partial charge in [0.2, 0.25) is 17.7 Å². The Bertz CT molecular complexity index is 1090. The van der Waals surface area contributed by atoms with E-state index in [0.29, 0.717) is 26.2 Å². The van der Waals surface area contributed by atoms with Gasteiger partial charge < -0.3 is 20.3 Å². The van der Waals surface area contributed by atoms with Crippen LogP contribution in [0, 0.1) is 16.7 Å². The number of primary amides is 1. The molecule has 1 spiro atoms. The van der Waals surface area contributed by atoms with Gasteiger partial charge in [-0.25, -0.2) is 0 Å². The average molecular weight is 492 g/mol. The molecule has 0 bridgehead atoms. The Labute approximate surface area is 213 Å². The van der Waals surface area contributed by atoms with E-state index in [1.165, 1.54) is 0 Å². The largest absolute Gasteiger partial charge is 0.376 e. The lowest BCUT2D eigenvalue weighted by molar-refractivity contribution is -0.154. The molecule has 2 aromatic rings. The number of hydrogen-bond donors (Lipinski definition) is 1. The van der Waals surface area contributed by atoms with Crippen LogP contribution in [-0.2, 0) is 25.7 Å². The molecule has 2 fully saturated rings. The number of carbonyl (C=O) groups excluding carboxylic acids is 3. The Morgan fingerprint density at radius 2 is 1.75 bits per heavy atom. The molecule has 36 heavy (non-hydrogen) atoms. The van der Waals surface area contributed by atoms with Crippen molar-refractivity contribution < 1.29 is 19.1 Å². The molecule has 2 aliphatic rings. The van der Waals surface area contributed by atoms with Crippen LogP contribution in [0.5, 0.6) is 0 Å². The summed E-state index contributed by atoms with van der Waals surface area (Å²) < 4.78 is 5.95. The summed E-state index contributed by atoms with van der Waals surface area (Å²) in [7, 11) is 1.84. The van der Waals surface area contributed by atoms with Gasteiger partial charge in [-0.15, -0.1) is 0 Å². The Morgan fingerprint density at radius 1 is 1.11 bits per heavy atom. The van der Waals surface area contributed by atoms with Crippen LogP contribution in [0.3, 0.4) is 0 Å². The van der Waals surface area contributed by atoms with E-state index in [1.807, 2.05) is 55.6 Å². The Kier molecular flexibility index (Phi) is 7.50. The number of likely N-dealkylation sites (N-methyl/N-ethyl adjacent to an activating group) is 1. The molecule has 2 N–H and O–H groups in total. The minimum Gasteiger partial charge on any atom is -0.376 e.